The maximum Gasteiger partial charge on any atom is 0.169 e. The van der Waals surface area contributed by atoms with Crippen LogP contribution in [0.1, 0.15) is 27.9 Å². The van der Waals surface area contributed by atoms with E-state index in [0.717, 1.165) is 23.7 Å². The van der Waals surface area contributed by atoms with Crippen LogP contribution in [0.3, 0.4) is 0 Å². The van der Waals surface area contributed by atoms with Gasteiger partial charge in [-0.05, 0) is 82.3 Å². The van der Waals surface area contributed by atoms with Crippen LogP contribution < -0.4 is 10.4 Å². The molecule has 1 atom stereocenters. The lowest BCUT2D eigenvalue weighted by atomic mass is 9.82. The largest absolute Gasteiger partial charge is 0.294 e. The molecule has 0 fully saturated rings. The summed E-state index contributed by atoms with van der Waals surface area (Å²) >= 11 is 3.71. The number of rotatable bonds is 2. The number of fused-ring (bicyclic) bond motifs is 5. The van der Waals surface area contributed by atoms with Crippen molar-refractivity contribution in [2.75, 3.05) is 0 Å². The van der Waals surface area contributed by atoms with Crippen molar-refractivity contribution in [3.63, 3.8) is 0 Å². The molecule has 0 bridgehead atoms. The topological polar surface area (TPSA) is 17.1 Å². The van der Waals surface area contributed by atoms with Crippen LogP contribution in [0, 0.1) is 11.7 Å². The molecule has 0 spiro atoms. The lowest BCUT2D eigenvalue weighted by molar-refractivity contribution is 0.0946. The quantitative estimate of drug-likeness (QED) is 0.530. The summed E-state index contributed by atoms with van der Waals surface area (Å²) in [5.41, 5.74) is 5.67. The summed E-state index contributed by atoms with van der Waals surface area (Å²) < 4.78 is 14.3. The van der Waals surface area contributed by atoms with Gasteiger partial charge in [0, 0.05) is 16.0 Å². The zero-order valence-electron chi connectivity index (χ0n) is 15.2. The number of carbonyl (C=O) groups excluding carboxylic acids is 1. The first-order valence-electron chi connectivity index (χ1n) is 9.53. The van der Waals surface area contributed by atoms with Crippen molar-refractivity contribution >= 4 is 33.9 Å². The van der Waals surface area contributed by atoms with E-state index in [1.165, 1.54) is 44.8 Å². The van der Waals surface area contributed by atoms with E-state index in [4.69, 9.17) is 0 Å². The van der Waals surface area contributed by atoms with Gasteiger partial charge in [-0.15, -0.1) is 0 Å². The van der Waals surface area contributed by atoms with E-state index in [1.54, 1.807) is 12.1 Å². The predicted octanol–water partition coefficient (Wildman–Crippen LogP) is 4.82. The third-order valence-corrected chi connectivity index (χ3v) is 6.49. The number of benzene rings is 3. The van der Waals surface area contributed by atoms with Gasteiger partial charge in [0.15, 0.2) is 5.78 Å². The molecule has 1 unspecified atom stereocenters. The minimum atomic E-state index is -0.317. The average Bonchev–Trinajstić information content (AvgIpc) is 2.73. The Hall–Kier alpha value is -2.52. The molecule has 0 heterocycles. The fraction of sp³-hybridized carbons (Fsp3) is 0.160. The zero-order chi connectivity index (χ0) is 19.3. The van der Waals surface area contributed by atoms with Gasteiger partial charge < -0.3 is 0 Å². The minimum absolute atomic E-state index is 0.0700. The summed E-state index contributed by atoms with van der Waals surface area (Å²) in [6.45, 7) is 0. The van der Waals surface area contributed by atoms with E-state index in [9.17, 15) is 9.18 Å². The number of Topliss-reactive ketones (excluding diaryl/α,β-unsaturated/α-hetero) is 1. The van der Waals surface area contributed by atoms with Crippen molar-refractivity contribution in [1.82, 2.24) is 0 Å². The van der Waals surface area contributed by atoms with Crippen LogP contribution in [0.2, 0.25) is 0 Å². The highest BCUT2D eigenvalue weighted by atomic mass is 79.9. The van der Waals surface area contributed by atoms with Crippen molar-refractivity contribution < 1.29 is 9.18 Å². The smallest absolute Gasteiger partial charge is 0.169 e. The summed E-state index contributed by atoms with van der Waals surface area (Å²) in [6, 6.07) is 16.6. The summed E-state index contributed by atoms with van der Waals surface area (Å²) in [5.74, 6) is -0.415. The molecule has 2 aliphatic carbocycles. The van der Waals surface area contributed by atoms with Gasteiger partial charge in [0.2, 0.25) is 0 Å². The first-order valence-corrected chi connectivity index (χ1v) is 10.3. The number of hydrogen-bond donors (Lipinski definition) is 0. The van der Waals surface area contributed by atoms with Gasteiger partial charge in [0.1, 0.15) is 5.82 Å². The van der Waals surface area contributed by atoms with Crippen LogP contribution in [0.25, 0.3) is 23.3 Å². The number of hydrogen-bond acceptors (Lipinski definition) is 1. The summed E-state index contributed by atoms with van der Waals surface area (Å²) in [5, 5.41) is 2.42. The molecule has 0 N–H and O–H groups in total. The Bertz CT molecular complexity index is 1220. The number of carbonyl (C=O) groups is 1. The molecule has 5 rings (SSSR count). The number of aryl methyl sites for hydroxylation is 1. The summed E-state index contributed by atoms with van der Waals surface area (Å²) in [6.07, 6.45) is 6.98. The van der Waals surface area contributed by atoms with Gasteiger partial charge in [-0.25, -0.2) is 4.39 Å². The third-order valence-electron chi connectivity index (χ3n) is 5.83. The molecule has 1 nitrogen and oxygen atoms in total. The van der Waals surface area contributed by atoms with E-state index in [2.05, 4.69) is 58.4 Å². The van der Waals surface area contributed by atoms with Crippen LogP contribution >= 0.6 is 15.9 Å². The molecule has 0 aliphatic heterocycles. The Labute approximate surface area is 171 Å². The molecule has 138 valence electrons. The summed E-state index contributed by atoms with van der Waals surface area (Å²) in [4.78, 5) is 13.0. The second-order valence-electron chi connectivity index (χ2n) is 7.46. The first kappa shape index (κ1) is 17.6. The highest BCUT2D eigenvalue weighted by molar-refractivity contribution is 9.10. The van der Waals surface area contributed by atoms with Crippen molar-refractivity contribution in [2.45, 2.75) is 19.3 Å². The SMILES string of the molecule is O=C(c1ccc(F)cc1)C1C=c2c(ccc3c2=CCc2cccc(Br)c2-3)CC1. The Balaban J connectivity index is 1.64. The Kier molecular flexibility index (Phi) is 4.28. The fourth-order valence-corrected chi connectivity index (χ4v) is 5.04. The molecular formula is C25H18BrFO. The minimum Gasteiger partial charge on any atom is -0.294 e. The lowest BCUT2D eigenvalue weighted by Crippen LogP contribution is -2.37. The lowest BCUT2D eigenvalue weighted by Gasteiger charge is -2.22. The van der Waals surface area contributed by atoms with E-state index in [0.29, 0.717) is 5.56 Å². The van der Waals surface area contributed by atoms with Crippen molar-refractivity contribution in [2.24, 2.45) is 5.92 Å². The molecular weight excluding hydrogens is 415 g/mol. The van der Waals surface area contributed by atoms with Gasteiger partial charge in [0.05, 0.1) is 0 Å². The second kappa shape index (κ2) is 6.82. The Morgan fingerprint density at radius 1 is 0.964 bits per heavy atom. The van der Waals surface area contributed by atoms with Crippen molar-refractivity contribution in [1.29, 1.82) is 0 Å². The maximum atomic E-state index is 13.2. The number of halogens is 2. The fourth-order valence-electron chi connectivity index (χ4n) is 4.42. The molecule has 0 radical (unpaired) electrons. The molecule has 0 saturated heterocycles. The van der Waals surface area contributed by atoms with E-state index >= 15 is 0 Å². The molecule has 28 heavy (non-hydrogen) atoms. The molecule has 3 aromatic rings. The van der Waals surface area contributed by atoms with Crippen LogP contribution in [0.5, 0.6) is 0 Å². The van der Waals surface area contributed by atoms with Crippen LogP contribution in [-0.4, -0.2) is 5.78 Å². The second-order valence-corrected chi connectivity index (χ2v) is 8.32. The highest BCUT2D eigenvalue weighted by Crippen LogP contribution is 2.32. The molecule has 0 amide bonds. The molecule has 0 saturated carbocycles. The Morgan fingerprint density at radius 3 is 2.61 bits per heavy atom. The molecule has 2 aliphatic rings. The Morgan fingerprint density at radius 2 is 1.79 bits per heavy atom. The van der Waals surface area contributed by atoms with Crippen LogP contribution in [0.15, 0.2) is 59.1 Å². The van der Waals surface area contributed by atoms with Gasteiger partial charge in [0.25, 0.3) is 0 Å². The first-order chi connectivity index (χ1) is 13.6. The van der Waals surface area contributed by atoms with E-state index in [1.807, 2.05) is 0 Å². The van der Waals surface area contributed by atoms with E-state index < -0.39 is 0 Å². The summed E-state index contributed by atoms with van der Waals surface area (Å²) in [7, 11) is 0. The van der Waals surface area contributed by atoms with E-state index in [-0.39, 0.29) is 17.5 Å². The third kappa shape index (κ3) is 2.85. The number of ketones is 1. The average molecular weight is 433 g/mol. The standard InChI is InChI=1S/C25H18BrFO/c26-23-3-1-2-16-9-12-20-21(24(16)23)13-8-15-4-5-18(14-22(15)20)25(28)17-6-10-19(27)11-7-17/h1-3,6-8,10-14,18H,4-5,9H2. The normalized spacial score (nSPS) is 16.9. The molecule has 3 heteroatoms. The molecule has 0 aromatic heterocycles. The van der Waals surface area contributed by atoms with Gasteiger partial charge in [-0.3, -0.25) is 4.79 Å². The van der Waals surface area contributed by atoms with Crippen molar-refractivity contribution in [3.8, 4) is 11.1 Å². The van der Waals surface area contributed by atoms with Gasteiger partial charge >= 0.3 is 0 Å². The van der Waals surface area contributed by atoms with Crippen molar-refractivity contribution in [3.05, 3.63) is 92.0 Å². The predicted molar refractivity (Wildman–Crippen MR) is 114 cm³/mol. The zero-order valence-corrected chi connectivity index (χ0v) is 16.8. The van der Waals surface area contributed by atoms with Crippen LogP contribution in [0.4, 0.5) is 4.39 Å². The van der Waals surface area contributed by atoms with Crippen LogP contribution in [-0.2, 0) is 12.8 Å². The molecule has 3 aromatic carbocycles. The maximum absolute atomic E-state index is 13.2. The highest BCUT2D eigenvalue weighted by Gasteiger charge is 2.23. The van der Waals surface area contributed by atoms with Gasteiger partial charge in [-0.1, -0.05) is 52.3 Å². The monoisotopic (exact) mass is 432 g/mol. The van der Waals surface area contributed by atoms with Gasteiger partial charge in [-0.2, -0.15) is 0 Å².